The Hall–Kier alpha value is -3.12. The first-order chi connectivity index (χ1) is 16.2. The molecule has 176 valence electrons. The van der Waals surface area contributed by atoms with E-state index < -0.39 is 5.97 Å². The summed E-state index contributed by atoms with van der Waals surface area (Å²) in [5.41, 5.74) is 4.45. The molecule has 34 heavy (non-hydrogen) atoms. The van der Waals surface area contributed by atoms with E-state index in [1.54, 1.807) is 11.0 Å². The van der Waals surface area contributed by atoms with Crippen LogP contribution >= 0.6 is 15.9 Å². The van der Waals surface area contributed by atoms with Gasteiger partial charge in [-0.15, -0.1) is 0 Å². The van der Waals surface area contributed by atoms with Crippen LogP contribution in [-0.4, -0.2) is 34.0 Å². The van der Waals surface area contributed by atoms with Crippen molar-refractivity contribution in [1.29, 1.82) is 0 Å². The molecule has 0 saturated carbocycles. The maximum atomic E-state index is 13.4. The number of aliphatic carboxylic acids is 1. The van der Waals surface area contributed by atoms with Gasteiger partial charge in [-0.3, -0.25) is 9.59 Å². The van der Waals surface area contributed by atoms with E-state index in [9.17, 15) is 14.7 Å². The number of carbonyl (C=O) groups is 2. The first kappa shape index (κ1) is 24.0. The van der Waals surface area contributed by atoms with Crippen LogP contribution in [0.5, 0.6) is 5.75 Å². The molecule has 3 aromatic rings. The second kappa shape index (κ2) is 10.0. The molecule has 1 atom stereocenters. The number of rotatable bonds is 8. The summed E-state index contributed by atoms with van der Waals surface area (Å²) in [5.74, 6) is -0.300. The zero-order valence-electron chi connectivity index (χ0n) is 19.4. The lowest BCUT2D eigenvalue weighted by atomic mass is 9.91. The van der Waals surface area contributed by atoms with Crippen LogP contribution in [0.15, 0.2) is 71.2 Å². The average Bonchev–Trinajstić information content (AvgIpc) is 3.13. The highest BCUT2D eigenvalue weighted by Gasteiger charge is 2.35. The lowest BCUT2D eigenvalue weighted by Gasteiger charge is -2.24. The average molecular weight is 522 g/mol. The first-order valence-electron chi connectivity index (χ1n) is 11.3. The number of hydrogen-bond donors (Lipinski definition) is 1. The predicted molar refractivity (Wildman–Crippen MR) is 135 cm³/mol. The number of amides is 1. The molecular formula is C28H28BrNO4. The number of hydrogen-bond acceptors (Lipinski definition) is 3. The Morgan fingerprint density at radius 2 is 1.71 bits per heavy atom. The summed E-state index contributed by atoms with van der Waals surface area (Å²) in [4.78, 5) is 26.2. The molecule has 0 aliphatic carbocycles. The molecule has 5 nitrogen and oxygen atoms in total. The molecule has 3 aromatic carbocycles. The third-order valence-corrected chi connectivity index (χ3v) is 6.63. The van der Waals surface area contributed by atoms with Gasteiger partial charge in [0.15, 0.2) is 0 Å². The summed E-state index contributed by atoms with van der Waals surface area (Å²) in [6.07, 6.45) is 1.36. The van der Waals surface area contributed by atoms with Crippen LogP contribution in [0.25, 0.3) is 0 Å². The van der Waals surface area contributed by atoms with E-state index in [0.717, 1.165) is 33.3 Å². The number of carbonyl (C=O) groups excluding carboxylic acids is 1. The third kappa shape index (κ3) is 5.86. The molecule has 1 heterocycles. The molecule has 1 aliphatic heterocycles. The van der Waals surface area contributed by atoms with Crippen molar-refractivity contribution in [3.8, 4) is 5.75 Å². The van der Waals surface area contributed by atoms with Gasteiger partial charge in [-0.05, 0) is 60.9 Å². The minimum atomic E-state index is -0.923. The molecule has 1 aliphatic rings. The van der Waals surface area contributed by atoms with Gasteiger partial charge in [0, 0.05) is 36.0 Å². The molecule has 1 amide bonds. The Balaban J connectivity index is 1.51. The molecule has 0 radical (unpaired) electrons. The second-order valence-corrected chi connectivity index (χ2v) is 10.1. The Bertz CT molecular complexity index is 1190. The summed E-state index contributed by atoms with van der Waals surface area (Å²) in [6, 6.07) is 21.7. The minimum absolute atomic E-state index is 0.100. The summed E-state index contributed by atoms with van der Waals surface area (Å²) < 4.78 is 7.34. The summed E-state index contributed by atoms with van der Waals surface area (Å²) in [6.45, 7) is 4.61. The maximum absolute atomic E-state index is 13.4. The minimum Gasteiger partial charge on any atom is -0.487 e. The summed E-state index contributed by atoms with van der Waals surface area (Å²) >= 11 is 3.47. The van der Waals surface area contributed by atoms with Crippen molar-refractivity contribution in [2.45, 2.75) is 45.3 Å². The van der Waals surface area contributed by atoms with Crippen molar-refractivity contribution in [1.82, 2.24) is 4.90 Å². The number of ether oxygens (including phenoxy) is 1. The highest BCUT2D eigenvalue weighted by Crippen LogP contribution is 2.38. The number of fused-ring (bicyclic) bond motifs is 1. The highest BCUT2D eigenvalue weighted by atomic mass is 79.9. The highest BCUT2D eigenvalue weighted by molar-refractivity contribution is 9.10. The number of nitrogens with zero attached hydrogens (tertiary/aromatic N) is 1. The van der Waals surface area contributed by atoms with Crippen LogP contribution in [0.4, 0.5) is 0 Å². The van der Waals surface area contributed by atoms with Gasteiger partial charge in [-0.25, -0.2) is 0 Å². The van der Waals surface area contributed by atoms with E-state index in [4.69, 9.17) is 4.74 Å². The van der Waals surface area contributed by atoms with Crippen LogP contribution in [0, 0.1) is 6.92 Å². The zero-order chi connectivity index (χ0) is 24.3. The summed E-state index contributed by atoms with van der Waals surface area (Å²) in [7, 11) is 0. The van der Waals surface area contributed by atoms with Crippen molar-refractivity contribution in [2.24, 2.45) is 0 Å². The van der Waals surface area contributed by atoms with Crippen molar-refractivity contribution in [2.75, 3.05) is 6.54 Å². The van der Waals surface area contributed by atoms with Gasteiger partial charge in [0.2, 0.25) is 0 Å². The van der Waals surface area contributed by atoms with Crippen LogP contribution < -0.4 is 4.74 Å². The Kier molecular flexibility index (Phi) is 7.08. The molecular weight excluding hydrogens is 494 g/mol. The number of carboxylic acids is 1. The van der Waals surface area contributed by atoms with E-state index in [2.05, 4.69) is 35.0 Å². The first-order valence-corrected chi connectivity index (χ1v) is 12.1. The molecule has 1 N–H and O–H groups in total. The fraction of sp³-hybridized carbons (Fsp3) is 0.286. The normalized spacial score (nSPS) is 16.6. The van der Waals surface area contributed by atoms with Crippen molar-refractivity contribution in [3.05, 3.63) is 99.0 Å². The Labute approximate surface area is 208 Å². The van der Waals surface area contributed by atoms with Crippen molar-refractivity contribution < 1.29 is 19.4 Å². The van der Waals surface area contributed by atoms with Crippen LogP contribution in [0.2, 0.25) is 0 Å². The van der Waals surface area contributed by atoms with E-state index >= 15 is 0 Å². The Morgan fingerprint density at radius 1 is 1.03 bits per heavy atom. The van der Waals surface area contributed by atoms with Crippen LogP contribution in [0.1, 0.15) is 46.0 Å². The predicted octanol–water partition coefficient (Wildman–Crippen LogP) is 5.81. The molecule has 0 spiro atoms. The van der Waals surface area contributed by atoms with Crippen molar-refractivity contribution >= 4 is 27.8 Å². The van der Waals surface area contributed by atoms with E-state index in [1.807, 2.05) is 55.5 Å². The molecule has 0 aromatic heterocycles. The van der Waals surface area contributed by atoms with E-state index in [-0.39, 0.29) is 24.5 Å². The monoisotopic (exact) mass is 521 g/mol. The fourth-order valence-corrected chi connectivity index (χ4v) is 4.63. The number of carboxylic acid groups (broad SMARTS) is 1. The number of halogens is 1. The van der Waals surface area contributed by atoms with Gasteiger partial charge in [-0.2, -0.15) is 0 Å². The molecule has 0 bridgehead atoms. The lowest BCUT2D eigenvalue weighted by molar-refractivity contribution is -0.137. The standard InChI is InChI=1S/C28H28BrNO4/c1-19-3-5-21(6-4-19)18-30(14-13-26(31)32)27(33)22-9-12-25-23(15-22)17-28(2,34-25)16-20-7-10-24(29)11-8-20/h3-12,15H,13-14,16-18H2,1-2H3,(H,31,32)/t28-/m1/s1. The molecule has 0 saturated heterocycles. The van der Waals surface area contributed by atoms with Crippen LogP contribution in [-0.2, 0) is 24.2 Å². The maximum Gasteiger partial charge on any atom is 0.305 e. The topological polar surface area (TPSA) is 66.8 Å². The van der Waals surface area contributed by atoms with Crippen molar-refractivity contribution in [3.63, 3.8) is 0 Å². The zero-order valence-corrected chi connectivity index (χ0v) is 21.0. The van der Waals surface area contributed by atoms with Crippen LogP contribution in [0.3, 0.4) is 0 Å². The number of aryl methyl sites for hydroxylation is 1. The van der Waals surface area contributed by atoms with E-state index in [1.165, 1.54) is 5.56 Å². The smallest absolute Gasteiger partial charge is 0.305 e. The van der Waals surface area contributed by atoms with Gasteiger partial charge in [-0.1, -0.05) is 57.9 Å². The quantitative estimate of drug-likeness (QED) is 0.406. The molecule has 4 rings (SSSR count). The van der Waals surface area contributed by atoms with Gasteiger partial charge >= 0.3 is 5.97 Å². The number of benzene rings is 3. The fourth-order valence-electron chi connectivity index (χ4n) is 4.37. The van der Waals surface area contributed by atoms with E-state index in [0.29, 0.717) is 18.5 Å². The second-order valence-electron chi connectivity index (χ2n) is 9.21. The largest absolute Gasteiger partial charge is 0.487 e. The molecule has 0 unspecified atom stereocenters. The van der Waals surface area contributed by atoms with Gasteiger partial charge in [0.1, 0.15) is 11.4 Å². The third-order valence-electron chi connectivity index (χ3n) is 6.10. The summed E-state index contributed by atoms with van der Waals surface area (Å²) in [5, 5.41) is 9.18. The lowest BCUT2D eigenvalue weighted by Crippen LogP contribution is -2.33. The Morgan fingerprint density at radius 3 is 2.38 bits per heavy atom. The van der Waals surface area contributed by atoms with Gasteiger partial charge in [0.05, 0.1) is 6.42 Å². The van der Waals surface area contributed by atoms with Gasteiger partial charge < -0.3 is 14.7 Å². The molecule has 0 fully saturated rings. The molecule has 6 heteroatoms. The van der Waals surface area contributed by atoms with Gasteiger partial charge in [0.25, 0.3) is 5.91 Å². The SMILES string of the molecule is Cc1ccc(CN(CCC(=O)O)C(=O)c2ccc3c(c2)C[C@@](C)(Cc2ccc(Br)cc2)O3)cc1.